The summed E-state index contributed by atoms with van der Waals surface area (Å²) in [6, 6.07) is 11.6. The third-order valence-electron chi connectivity index (χ3n) is 3.92. The van der Waals surface area contributed by atoms with Gasteiger partial charge in [0.05, 0.1) is 12.1 Å². The summed E-state index contributed by atoms with van der Waals surface area (Å²) in [5.74, 6) is 1.43. The van der Waals surface area contributed by atoms with Crippen LogP contribution in [0.5, 0.6) is 5.75 Å². The maximum Gasteiger partial charge on any atom is 0.234 e. The largest absolute Gasteiger partial charge is 0.486 e. The summed E-state index contributed by atoms with van der Waals surface area (Å²) in [5, 5.41) is 2.76. The zero-order valence-corrected chi connectivity index (χ0v) is 17.6. The van der Waals surface area contributed by atoms with E-state index >= 15 is 0 Å². The monoisotopic (exact) mass is 445 g/mol. The van der Waals surface area contributed by atoms with Gasteiger partial charge in [0.15, 0.2) is 0 Å². The van der Waals surface area contributed by atoms with Crippen molar-refractivity contribution < 1.29 is 9.53 Å². The maximum atomic E-state index is 12.7. The molecule has 5 nitrogen and oxygen atoms in total. The van der Waals surface area contributed by atoms with Gasteiger partial charge in [0.1, 0.15) is 23.2 Å². The highest BCUT2D eigenvalue weighted by atomic mass is 79.9. The van der Waals surface area contributed by atoms with Gasteiger partial charge in [-0.1, -0.05) is 17.7 Å². The van der Waals surface area contributed by atoms with Gasteiger partial charge in [-0.3, -0.25) is 9.69 Å². The molecule has 0 aliphatic heterocycles. The Kier molecular flexibility index (Phi) is 6.58. The first-order valence-electron chi connectivity index (χ1n) is 8.60. The predicted molar refractivity (Wildman–Crippen MR) is 111 cm³/mol. The van der Waals surface area contributed by atoms with Crippen molar-refractivity contribution in [2.45, 2.75) is 26.9 Å². The number of likely N-dealkylation sites (N-methyl/N-ethyl adjacent to an activating group) is 1. The molecule has 3 rings (SSSR count). The Labute approximate surface area is 171 Å². The number of thiazole rings is 1. The molecular formula is C20H20BrN3O2S. The zero-order valence-electron chi connectivity index (χ0n) is 15.2. The molecule has 0 aliphatic rings. The van der Waals surface area contributed by atoms with Crippen molar-refractivity contribution in [1.29, 1.82) is 0 Å². The Bertz CT molecular complexity index is 894. The summed E-state index contributed by atoms with van der Waals surface area (Å²) in [4.78, 5) is 23.2. The number of rotatable bonds is 7. The number of halogens is 1. The number of amides is 1. The van der Waals surface area contributed by atoms with Crippen LogP contribution in [0.15, 0.2) is 52.4 Å². The average molecular weight is 446 g/mol. The first-order valence-corrected chi connectivity index (χ1v) is 10.3. The number of carbonyl (C=O) groups is 1. The van der Waals surface area contributed by atoms with E-state index in [1.165, 1.54) is 16.9 Å². The second kappa shape index (κ2) is 9.10. The van der Waals surface area contributed by atoms with Crippen molar-refractivity contribution in [3.63, 3.8) is 0 Å². The molecule has 0 saturated carbocycles. The first-order chi connectivity index (χ1) is 13.0. The molecule has 1 aromatic carbocycles. The van der Waals surface area contributed by atoms with E-state index in [0.29, 0.717) is 19.0 Å². The van der Waals surface area contributed by atoms with Gasteiger partial charge in [-0.25, -0.2) is 9.97 Å². The smallest absolute Gasteiger partial charge is 0.234 e. The van der Waals surface area contributed by atoms with Gasteiger partial charge >= 0.3 is 0 Å². The van der Waals surface area contributed by atoms with Gasteiger partial charge in [-0.2, -0.15) is 0 Å². The molecule has 7 heteroatoms. The molecule has 27 heavy (non-hydrogen) atoms. The van der Waals surface area contributed by atoms with E-state index in [2.05, 4.69) is 25.9 Å². The molecule has 1 amide bonds. The summed E-state index contributed by atoms with van der Waals surface area (Å²) in [6.07, 6.45) is 1.93. The van der Waals surface area contributed by atoms with Crippen LogP contribution in [0.1, 0.15) is 23.2 Å². The standard InChI is InChI=1S/C20H20BrN3O2S/c1-3-24(18-9-6-15(21)11-22-18)20(25)10-16-13-27-19(23-16)12-26-17-7-4-14(2)5-8-17/h4-9,11,13H,3,10,12H2,1-2H3. The lowest BCUT2D eigenvalue weighted by Crippen LogP contribution is -2.32. The number of ether oxygens (including phenoxy) is 1. The lowest BCUT2D eigenvalue weighted by atomic mass is 10.2. The van der Waals surface area contributed by atoms with E-state index in [9.17, 15) is 4.79 Å². The highest BCUT2D eigenvalue weighted by Crippen LogP contribution is 2.19. The van der Waals surface area contributed by atoms with Crippen molar-refractivity contribution in [3.05, 3.63) is 68.7 Å². The number of hydrogen-bond donors (Lipinski definition) is 0. The molecule has 0 N–H and O–H groups in total. The SMILES string of the molecule is CCN(C(=O)Cc1csc(COc2ccc(C)cc2)n1)c1ccc(Br)cn1. The predicted octanol–water partition coefficient (Wildman–Crippen LogP) is 4.78. The minimum absolute atomic E-state index is 0.0244. The van der Waals surface area contributed by atoms with Crippen LogP contribution in [0, 0.1) is 6.92 Å². The van der Waals surface area contributed by atoms with Crippen LogP contribution in [0.25, 0.3) is 0 Å². The van der Waals surface area contributed by atoms with Crippen molar-refractivity contribution in [2.75, 3.05) is 11.4 Å². The highest BCUT2D eigenvalue weighted by molar-refractivity contribution is 9.10. The first kappa shape index (κ1) is 19.5. The molecule has 0 spiro atoms. The molecule has 0 fully saturated rings. The molecule has 0 radical (unpaired) electrons. The lowest BCUT2D eigenvalue weighted by Gasteiger charge is -2.19. The van der Waals surface area contributed by atoms with Crippen LogP contribution in [-0.2, 0) is 17.8 Å². The van der Waals surface area contributed by atoms with E-state index in [0.717, 1.165) is 20.9 Å². The van der Waals surface area contributed by atoms with E-state index in [-0.39, 0.29) is 12.3 Å². The van der Waals surface area contributed by atoms with Gasteiger partial charge < -0.3 is 4.74 Å². The molecule has 0 bridgehead atoms. The minimum Gasteiger partial charge on any atom is -0.486 e. The quantitative estimate of drug-likeness (QED) is 0.524. The van der Waals surface area contributed by atoms with Crippen LogP contribution in [0.3, 0.4) is 0 Å². The van der Waals surface area contributed by atoms with E-state index in [1.807, 2.05) is 55.6 Å². The summed E-state index contributed by atoms with van der Waals surface area (Å²) in [5.41, 5.74) is 1.95. The van der Waals surface area contributed by atoms with Gasteiger partial charge in [-0.15, -0.1) is 11.3 Å². The average Bonchev–Trinajstić information content (AvgIpc) is 3.11. The highest BCUT2D eigenvalue weighted by Gasteiger charge is 2.17. The fourth-order valence-corrected chi connectivity index (χ4v) is 3.46. The second-order valence-electron chi connectivity index (χ2n) is 5.98. The van der Waals surface area contributed by atoms with Crippen LogP contribution in [0.2, 0.25) is 0 Å². The Hall–Kier alpha value is -2.25. The van der Waals surface area contributed by atoms with Crippen molar-refractivity contribution in [1.82, 2.24) is 9.97 Å². The molecule has 0 saturated heterocycles. The van der Waals surface area contributed by atoms with Gasteiger partial charge in [0, 0.05) is 22.6 Å². The minimum atomic E-state index is -0.0244. The molecule has 2 aromatic heterocycles. The Balaban J connectivity index is 1.59. The van der Waals surface area contributed by atoms with Crippen LogP contribution >= 0.6 is 27.3 Å². The van der Waals surface area contributed by atoms with Gasteiger partial charge in [0.2, 0.25) is 5.91 Å². The normalized spacial score (nSPS) is 10.6. The molecule has 0 atom stereocenters. The number of carbonyl (C=O) groups excluding carboxylic acids is 1. The Morgan fingerprint density at radius 3 is 2.67 bits per heavy atom. The summed E-state index contributed by atoms with van der Waals surface area (Å²) < 4.78 is 6.63. The van der Waals surface area contributed by atoms with Crippen LogP contribution in [0.4, 0.5) is 5.82 Å². The number of aromatic nitrogens is 2. The second-order valence-corrected chi connectivity index (χ2v) is 7.84. The molecule has 0 aliphatic carbocycles. The third kappa shape index (κ3) is 5.37. The van der Waals surface area contributed by atoms with Crippen LogP contribution in [-0.4, -0.2) is 22.4 Å². The van der Waals surface area contributed by atoms with Crippen molar-refractivity contribution in [2.24, 2.45) is 0 Å². The fourth-order valence-electron chi connectivity index (χ4n) is 2.52. The summed E-state index contributed by atoms with van der Waals surface area (Å²) in [6.45, 7) is 4.93. The topological polar surface area (TPSA) is 55.3 Å². The summed E-state index contributed by atoms with van der Waals surface area (Å²) in [7, 11) is 0. The number of aryl methyl sites for hydroxylation is 1. The van der Waals surface area contributed by atoms with Crippen molar-refractivity contribution >= 4 is 39.0 Å². The van der Waals surface area contributed by atoms with Crippen LogP contribution < -0.4 is 9.64 Å². The molecule has 2 heterocycles. The lowest BCUT2D eigenvalue weighted by molar-refractivity contribution is -0.118. The molecule has 0 unspecified atom stereocenters. The molecule has 140 valence electrons. The summed E-state index contributed by atoms with van der Waals surface area (Å²) >= 11 is 4.86. The Morgan fingerprint density at radius 2 is 2.00 bits per heavy atom. The Morgan fingerprint density at radius 1 is 1.22 bits per heavy atom. The number of benzene rings is 1. The number of pyridine rings is 1. The van der Waals surface area contributed by atoms with Crippen molar-refractivity contribution in [3.8, 4) is 5.75 Å². The number of anilines is 1. The van der Waals surface area contributed by atoms with E-state index in [1.54, 1.807) is 11.1 Å². The van der Waals surface area contributed by atoms with Gasteiger partial charge in [-0.05, 0) is 54.0 Å². The van der Waals surface area contributed by atoms with E-state index < -0.39 is 0 Å². The molecule has 3 aromatic rings. The maximum absolute atomic E-state index is 12.7. The number of nitrogens with zero attached hydrogens (tertiary/aromatic N) is 3. The van der Waals surface area contributed by atoms with E-state index in [4.69, 9.17) is 4.74 Å². The van der Waals surface area contributed by atoms with Gasteiger partial charge in [0.25, 0.3) is 0 Å². The zero-order chi connectivity index (χ0) is 19.2. The molecular weight excluding hydrogens is 426 g/mol. The third-order valence-corrected chi connectivity index (χ3v) is 5.26. The number of hydrogen-bond acceptors (Lipinski definition) is 5. The fraction of sp³-hybridized carbons (Fsp3) is 0.250.